The van der Waals surface area contributed by atoms with Crippen LogP contribution in [0.3, 0.4) is 0 Å². The fourth-order valence-corrected chi connectivity index (χ4v) is 2.15. The van der Waals surface area contributed by atoms with E-state index in [4.69, 9.17) is 11.6 Å². The Morgan fingerprint density at radius 1 is 1.18 bits per heavy atom. The highest BCUT2D eigenvalue weighted by atomic mass is 35.5. The molecule has 3 heterocycles. The second-order valence-electron chi connectivity index (χ2n) is 3.47. The van der Waals surface area contributed by atoms with Crippen LogP contribution in [0.1, 0.15) is 0 Å². The molecule has 0 aromatic carbocycles. The lowest BCUT2D eigenvalue weighted by Crippen LogP contribution is -1.85. The van der Waals surface area contributed by atoms with Crippen LogP contribution in [0.2, 0.25) is 5.28 Å². The Morgan fingerprint density at radius 3 is 2.88 bits per heavy atom. The van der Waals surface area contributed by atoms with E-state index in [1.54, 1.807) is 22.4 Å². The lowest BCUT2D eigenvalue weighted by molar-refractivity contribution is 1.17. The number of thiol groups is 1. The Labute approximate surface area is 108 Å². The summed E-state index contributed by atoms with van der Waals surface area (Å²) in [6.45, 7) is 0. The van der Waals surface area contributed by atoms with Gasteiger partial charge in [0.2, 0.25) is 5.28 Å². The van der Waals surface area contributed by atoms with Gasteiger partial charge in [-0.1, -0.05) is 12.8 Å². The second kappa shape index (κ2) is 4.01. The average molecular weight is 263 g/mol. The summed E-state index contributed by atoms with van der Waals surface area (Å²) >= 11 is 10.1. The molecule has 0 aliphatic rings. The molecule has 0 fully saturated rings. The number of pyridine rings is 1. The molecule has 0 bridgehead atoms. The minimum atomic E-state index is 0.228. The fourth-order valence-electron chi connectivity index (χ4n) is 1.73. The van der Waals surface area contributed by atoms with Crippen molar-refractivity contribution in [3.8, 4) is 11.3 Å². The number of nitrogens with zero attached hydrogens (tertiary/aromatic N) is 4. The van der Waals surface area contributed by atoms with E-state index in [1.807, 2.05) is 18.3 Å². The minimum Gasteiger partial charge on any atom is -0.277 e. The summed E-state index contributed by atoms with van der Waals surface area (Å²) in [6.07, 6.45) is 5.22. The van der Waals surface area contributed by atoms with Crippen molar-refractivity contribution in [2.75, 3.05) is 0 Å². The number of fused-ring (bicyclic) bond motifs is 1. The molecular weight excluding hydrogens is 256 g/mol. The first-order valence-electron chi connectivity index (χ1n) is 4.90. The molecule has 3 aromatic heterocycles. The first-order chi connectivity index (χ1) is 8.25. The van der Waals surface area contributed by atoms with Gasteiger partial charge in [0, 0.05) is 29.5 Å². The molecule has 6 heteroatoms. The maximum Gasteiger partial charge on any atom is 0.222 e. The predicted molar refractivity (Wildman–Crippen MR) is 70.2 cm³/mol. The third kappa shape index (κ3) is 1.77. The number of hydrogen-bond acceptors (Lipinski definition) is 4. The van der Waals surface area contributed by atoms with E-state index in [1.165, 1.54) is 0 Å². The topological polar surface area (TPSA) is 43.6 Å². The van der Waals surface area contributed by atoms with Crippen molar-refractivity contribution in [1.29, 1.82) is 0 Å². The lowest BCUT2D eigenvalue weighted by Gasteiger charge is -1.97. The molecule has 0 radical (unpaired) electrons. The molecule has 4 nitrogen and oxygen atoms in total. The van der Waals surface area contributed by atoms with Crippen LogP contribution in [0, 0.1) is 0 Å². The van der Waals surface area contributed by atoms with E-state index in [9.17, 15) is 0 Å². The van der Waals surface area contributed by atoms with Crippen molar-refractivity contribution < 1.29 is 0 Å². The highest BCUT2D eigenvalue weighted by Crippen LogP contribution is 2.28. The maximum atomic E-state index is 5.79. The molecule has 0 saturated carbocycles. The quantitative estimate of drug-likeness (QED) is 0.542. The highest BCUT2D eigenvalue weighted by molar-refractivity contribution is 7.78. The summed E-state index contributed by atoms with van der Waals surface area (Å²) in [5, 5.41) is 1.21. The van der Waals surface area contributed by atoms with Crippen LogP contribution in [-0.4, -0.2) is 18.9 Å². The number of rotatable bonds is 1. The maximum absolute atomic E-state index is 5.79. The van der Waals surface area contributed by atoms with Crippen molar-refractivity contribution in [1.82, 2.24) is 18.9 Å². The molecule has 0 N–H and O–H groups in total. The Balaban J connectivity index is 2.31. The van der Waals surface area contributed by atoms with Crippen LogP contribution >= 0.6 is 24.4 Å². The van der Waals surface area contributed by atoms with E-state index >= 15 is 0 Å². The molecule has 84 valence electrons. The van der Waals surface area contributed by atoms with E-state index < -0.39 is 0 Å². The summed E-state index contributed by atoms with van der Waals surface area (Å²) < 4.78 is 1.67. The van der Waals surface area contributed by atoms with Gasteiger partial charge in [0.15, 0.2) is 0 Å². The van der Waals surface area contributed by atoms with Crippen LogP contribution in [0.25, 0.3) is 22.3 Å². The highest BCUT2D eigenvalue weighted by Gasteiger charge is 2.10. The van der Waals surface area contributed by atoms with Crippen LogP contribution in [0.5, 0.6) is 0 Å². The molecule has 3 aromatic rings. The monoisotopic (exact) mass is 262 g/mol. The normalized spacial score (nSPS) is 10.9. The van der Waals surface area contributed by atoms with E-state index in [0.29, 0.717) is 0 Å². The van der Waals surface area contributed by atoms with Gasteiger partial charge in [-0.15, -0.1) is 0 Å². The summed E-state index contributed by atoms with van der Waals surface area (Å²) in [7, 11) is 0. The fraction of sp³-hybridized carbons (Fsp3) is 0. The van der Waals surface area contributed by atoms with Gasteiger partial charge >= 0.3 is 0 Å². The van der Waals surface area contributed by atoms with Crippen molar-refractivity contribution in [2.24, 2.45) is 0 Å². The number of halogens is 1. The zero-order valence-corrected chi connectivity index (χ0v) is 10.2. The Bertz CT molecular complexity index is 695. The van der Waals surface area contributed by atoms with Gasteiger partial charge in [0.05, 0.1) is 5.69 Å². The van der Waals surface area contributed by atoms with Crippen LogP contribution in [0.4, 0.5) is 0 Å². The van der Waals surface area contributed by atoms with Crippen molar-refractivity contribution in [2.45, 2.75) is 0 Å². The third-order valence-corrected chi connectivity index (χ3v) is 2.93. The van der Waals surface area contributed by atoms with Gasteiger partial charge in [-0.2, -0.15) is 0 Å². The molecule has 0 aliphatic heterocycles. The van der Waals surface area contributed by atoms with E-state index in [0.717, 1.165) is 22.3 Å². The average Bonchev–Trinajstić information content (AvgIpc) is 2.68. The molecule has 17 heavy (non-hydrogen) atoms. The molecule has 0 amide bonds. The third-order valence-electron chi connectivity index (χ3n) is 2.45. The van der Waals surface area contributed by atoms with Crippen molar-refractivity contribution in [3.05, 3.63) is 42.1 Å². The molecule has 3 rings (SSSR count). The first kappa shape index (κ1) is 10.6. The number of hydrogen-bond donors (Lipinski definition) is 1. The summed E-state index contributed by atoms with van der Waals surface area (Å²) in [5.41, 5.74) is 2.49. The molecule has 0 spiro atoms. The molecule has 0 aliphatic carbocycles. The van der Waals surface area contributed by atoms with E-state index in [-0.39, 0.29) is 5.28 Å². The van der Waals surface area contributed by atoms with Gasteiger partial charge < -0.3 is 0 Å². The van der Waals surface area contributed by atoms with Gasteiger partial charge in [-0.05, 0) is 29.8 Å². The van der Waals surface area contributed by atoms with Crippen LogP contribution < -0.4 is 0 Å². The minimum absolute atomic E-state index is 0.228. The summed E-state index contributed by atoms with van der Waals surface area (Å²) in [4.78, 5) is 12.3. The smallest absolute Gasteiger partial charge is 0.222 e. The molecular formula is C11H7ClN4S. The Hall–Kier alpha value is -1.59. The molecule has 0 atom stereocenters. The first-order valence-corrected chi connectivity index (χ1v) is 5.68. The largest absolute Gasteiger partial charge is 0.277 e. The lowest BCUT2D eigenvalue weighted by atomic mass is 10.1. The van der Waals surface area contributed by atoms with Gasteiger partial charge in [-0.25, -0.2) is 15.0 Å². The predicted octanol–water partition coefficient (Wildman–Crippen LogP) is 2.84. The second-order valence-corrected chi connectivity index (χ2v) is 4.24. The van der Waals surface area contributed by atoms with Crippen LogP contribution in [0.15, 0.2) is 36.8 Å². The Morgan fingerprint density at radius 2 is 2.06 bits per heavy atom. The number of aromatic nitrogens is 4. The SMILES string of the molecule is Sn1cc(-c2ccnc(Cl)n2)c2cccnc21. The van der Waals surface area contributed by atoms with Gasteiger partial charge in [-0.3, -0.25) is 3.97 Å². The van der Waals surface area contributed by atoms with Crippen molar-refractivity contribution in [3.63, 3.8) is 0 Å². The Kier molecular flexibility index (Phi) is 2.49. The molecule has 0 unspecified atom stereocenters. The standard InChI is InChI=1S/C11H7ClN4S/c12-11-14-5-3-9(15-11)8-6-16(17)10-7(8)2-1-4-13-10/h1-6,17H. The summed E-state index contributed by atoms with van der Waals surface area (Å²) in [6, 6.07) is 5.66. The molecule has 0 saturated heterocycles. The summed E-state index contributed by atoms with van der Waals surface area (Å²) in [5.74, 6) is 0. The van der Waals surface area contributed by atoms with E-state index in [2.05, 4.69) is 27.8 Å². The van der Waals surface area contributed by atoms with Gasteiger partial charge in [0.25, 0.3) is 0 Å². The van der Waals surface area contributed by atoms with Gasteiger partial charge in [0.1, 0.15) is 5.65 Å². The van der Waals surface area contributed by atoms with Crippen LogP contribution in [-0.2, 0) is 0 Å². The van der Waals surface area contributed by atoms with Crippen molar-refractivity contribution >= 4 is 35.4 Å². The zero-order valence-electron chi connectivity index (χ0n) is 8.58. The zero-order chi connectivity index (χ0) is 11.8.